The molecule has 2 rings (SSSR count). The van der Waals surface area contributed by atoms with E-state index in [2.05, 4.69) is 0 Å². The average molecular weight is 282 g/mol. The fourth-order valence-electron chi connectivity index (χ4n) is 1.59. The van der Waals surface area contributed by atoms with E-state index in [-0.39, 0.29) is 5.78 Å². The molecule has 5 heteroatoms. The average Bonchev–Trinajstić information content (AvgIpc) is 2.68. The van der Waals surface area contributed by atoms with E-state index in [0.717, 1.165) is 5.56 Å². The van der Waals surface area contributed by atoms with Gasteiger partial charge >= 0.3 is 0 Å². The van der Waals surface area contributed by atoms with Crippen molar-refractivity contribution >= 4 is 34.4 Å². The standard InChI is InChI=1S/C13H12ClNO2S/c1-7-5-11(18-13(7)14)12(16)8-3-4-10(17-2)9(15)6-8/h3-6H,15H2,1-2H3. The number of halogens is 1. The van der Waals surface area contributed by atoms with E-state index in [4.69, 9.17) is 22.1 Å². The monoisotopic (exact) mass is 281 g/mol. The van der Waals surface area contributed by atoms with Gasteiger partial charge in [0.1, 0.15) is 5.75 Å². The molecule has 0 aliphatic heterocycles. The normalized spacial score (nSPS) is 10.4. The first-order valence-electron chi connectivity index (χ1n) is 5.27. The molecule has 2 aromatic rings. The number of carbonyl (C=O) groups is 1. The lowest BCUT2D eigenvalue weighted by molar-refractivity contribution is 0.104. The van der Waals surface area contributed by atoms with Gasteiger partial charge < -0.3 is 10.5 Å². The van der Waals surface area contributed by atoms with Gasteiger partial charge in [0.05, 0.1) is 22.0 Å². The number of nitrogens with two attached hydrogens (primary N) is 1. The van der Waals surface area contributed by atoms with Crippen LogP contribution >= 0.6 is 22.9 Å². The summed E-state index contributed by atoms with van der Waals surface area (Å²) in [4.78, 5) is 12.8. The van der Waals surface area contributed by atoms with Gasteiger partial charge in [-0.05, 0) is 36.8 Å². The topological polar surface area (TPSA) is 52.3 Å². The van der Waals surface area contributed by atoms with Crippen LogP contribution in [0.25, 0.3) is 0 Å². The molecule has 0 radical (unpaired) electrons. The van der Waals surface area contributed by atoms with Crippen LogP contribution in [-0.2, 0) is 0 Å². The van der Waals surface area contributed by atoms with Gasteiger partial charge in [0.25, 0.3) is 0 Å². The Hall–Kier alpha value is -1.52. The van der Waals surface area contributed by atoms with Crippen LogP contribution in [-0.4, -0.2) is 12.9 Å². The second kappa shape index (κ2) is 5.00. The van der Waals surface area contributed by atoms with E-state index >= 15 is 0 Å². The number of anilines is 1. The molecule has 0 amide bonds. The maximum absolute atomic E-state index is 12.2. The molecular formula is C13H12ClNO2S. The summed E-state index contributed by atoms with van der Waals surface area (Å²) in [5, 5.41) is 0. The van der Waals surface area contributed by atoms with Crippen molar-refractivity contribution in [1.82, 2.24) is 0 Å². The van der Waals surface area contributed by atoms with Crippen molar-refractivity contribution in [3.05, 3.63) is 44.6 Å². The SMILES string of the molecule is COc1ccc(C(=O)c2cc(C)c(Cl)s2)cc1N. The molecule has 0 bridgehead atoms. The Kier molecular flexibility index (Phi) is 3.59. The molecule has 0 saturated heterocycles. The van der Waals surface area contributed by atoms with Crippen molar-refractivity contribution in [3.63, 3.8) is 0 Å². The summed E-state index contributed by atoms with van der Waals surface area (Å²) in [6.45, 7) is 1.87. The van der Waals surface area contributed by atoms with Crippen molar-refractivity contribution in [2.45, 2.75) is 6.92 Å². The van der Waals surface area contributed by atoms with E-state index in [9.17, 15) is 4.79 Å². The van der Waals surface area contributed by atoms with Gasteiger partial charge in [-0.15, -0.1) is 11.3 Å². The molecule has 94 valence electrons. The van der Waals surface area contributed by atoms with Gasteiger partial charge in [0.15, 0.2) is 0 Å². The minimum absolute atomic E-state index is 0.0793. The highest BCUT2D eigenvalue weighted by Crippen LogP contribution is 2.30. The van der Waals surface area contributed by atoms with Crippen molar-refractivity contribution < 1.29 is 9.53 Å². The first-order chi connectivity index (χ1) is 8.52. The van der Waals surface area contributed by atoms with Gasteiger partial charge in [-0.2, -0.15) is 0 Å². The number of thiophene rings is 1. The molecule has 1 aromatic heterocycles. The number of ether oxygens (including phenoxy) is 1. The molecule has 18 heavy (non-hydrogen) atoms. The third kappa shape index (κ3) is 2.35. The van der Waals surface area contributed by atoms with Crippen molar-refractivity contribution in [2.24, 2.45) is 0 Å². The van der Waals surface area contributed by atoms with E-state index < -0.39 is 0 Å². The van der Waals surface area contributed by atoms with Crippen LogP contribution in [0.3, 0.4) is 0 Å². The number of methoxy groups -OCH3 is 1. The number of carbonyl (C=O) groups excluding carboxylic acids is 1. The van der Waals surface area contributed by atoms with Crippen LogP contribution in [0.15, 0.2) is 24.3 Å². The third-order valence-corrected chi connectivity index (χ3v) is 4.13. The van der Waals surface area contributed by atoms with Crippen molar-refractivity contribution in [1.29, 1.82) is 0 Å². The molecule has 2 N–H and O–H groups in total. The molecule has 1 aromatic carbocycles. The van der Waals surface area contributed by atoms with E-state index in [1.165, 1.54) is 18.4 Å². The number of rotatable bonds is 3. The largest absolute Gasteiger partial charge is 0.495 e. The van der Waals surface area contributed by atoms with Crippen LogP contribution in [0.2, 0.25) is 4.34 Å². The summed E-state index contributed by atoms with van der Waals surface area (Å²) in [5.74, 6) is 0.483. The Morgan fingerprint density at radius 2 is 2.11 bits per heavy atom. The Balaban J connectivity index is 2.37. The van der Waals surface area contributed by atoms with Gasteiger partial charge in [-0.1, -0.05) is 11.6 Å². The molecule has 0 unspecified atom stereocenters. The predicted octanol–water partition coefficient (Wildman–Crippen LogP) is 3.53. The first-order valence-corrected chi connectivity index (χ1v) is 6.46. The quantitative estimate of drug-likeness (QED) is 0.692. The zero-order valence-corrected chi connectivity index (χ0v) is 11.6. The second-order valence-corrected chi connectivity index (χ2v) is 5.51. The highest BCUT2D eigenvalue weighted by Gasteiger charge is 2.14. The summed E-state index contributed by atoms with van der Waals surface area (Å²) in [6, 6.07) is 6.78. The second-order valence-electron chi connectivity index (χ2n) is 3.85. The molecule has 0 saturated carbocycles. The molecule has 1 heterocycles. The number of ketones is 1. The van der Waals surface area contributed by atoms with E-state index in [1.54, 1.807) is 24.3 Å². The van der Waals surface area contributed by atoms with Crippen LogP contribution in [0.4, 0.5) is 5.69 Å². The zero-order valence-electron chi connectivity index (χ0n) is 9.99. The van der Waals surface area contributed by atoms with Crippen LogP contribution in [0, 0.1) is 6.92 Å². The summed E-state index contributed by atoms with van der Waals surface area (Å²) in [5.41, 5.74) is 7.67. The fourth-order valence-corrected chi connectivity index (χ4v) is 2.75. The highest BCUT2D eigenvalue weighted by molar-refractivity contribution is 7.18. The number of benzene rings is 1. The molecule has 0 spiro atoms. The lowest BCUT2D eigenvalue weighted by Crippen LogP contribution is -2.01. The van der Waals surface area contributed by atoms with E-state index in [0.29, 0.717) is 26.2 Å². The van der Waals surface area contributed by atoms with Gasteiger partial charge in [-0.25, -0.2) is 0 Å². The van der Waals surface area contributed by atoms with Crippen LogP contribution < -0.4 is 10.5 Å². The zero-order chi connectivity index (χ0) is 13.3. The van der Waals surface area contributed by atoms with Crippen molar-refractivity contribution in [3.8, 4) is 5.75 Å². The van der Waals surface area contributed by atoms with Crippen molar-refractivity contribution in [2.75, 3.05) is 12.8 Å². The molecule has 0 aliphatic carbocycles. The molecule has 0 atom stereocenters. The molecule has 3 nitrogen and oxygen atoms in total. The number of hydrogen-bond donors (Lipinski definition) is 1. The molecule has 0 aliphatic rings. The number of aryl methyl sites for hydroxylation is 1. The van der Waals surface area contributed by atoms with Crippen LogP contribution in [0.1, 0.15) is 20.8 Å². The number of hydrogen-bond acceptors (Lipinski definition) is 4. The summed E-state index contributed by atoms with van der Waals surface area (Å²) >= 11 is 7.24. The lowest BCUT2D eigenvalue weighted by Gasteiger charge is -2.05. The molecule has 0 fully saturated rings. The smallest absolute Gasteiger partial charge is 0.203 e. The Morgan fingerprint density at radius 3 is 2.61 bits per heavy atom. The van der Waals surface area contributed by atoms with Crippen LogP contribution in [0.5, 0.6) is 5.75 Å². The Morgan fingerprint density at radius 1 is 1.39 bits per heavy atom. The van der Waals surface area contributed by atoms with E-state index in [1.807, 2.05) is 6.92 Å². The van der Waals surface area contributed by atoms with Gasteiger partial charge in [0, 0.05) is 5.56 Å². The maximum Gasteiger partial charge on any atom is 0.203 e. The molecular weight excluding hydrogens is 270 g/mol. The minimum Gasteiger partial charge on any atom is -0.495 e. The first kappa shape index (κ1) is 12.9. The highest BCUT2D eigenvalue weighted by atomic mass is 35.5. The summed E-state index contributed by atoms with van der Waals surface area (Å²) in [7, 11) is 1.54. The minimum atomic E-state index is -0.0793. The maximum atomic E-state index is 12.2. The predicted molar refractivity (Wildman–Crippen MR) is 74.9 cm³/mol. The summed E-state index contributed by atoms with van der Waals surface area (Å²) < 4.78 is 5.69. The Bertz CT molecular complexity index is 588. The fraction of sp³-hybridized carbons (Fsp3) is 0.154. The van der Waals surface area contributed by atoms with Gasteiger partial charge in [0.2, 0.25) is 5.78 Å². The lowest BCUT2D eigenvalue weighted by atomic mass is 10.1. The Labute approximate surface area is 114 Å². The van der Waals surface area contributed by atoms with Gasteiger partial charge in [-0.3, -0.25) is 4.79 Å². The third-order valence-electron chi connectivity index (χ3n) is 2.57. The summed E-state index contributed by atoms with van der Waals surface area (Å²) in [6.07, 6.45) is 0. The number of nitrogen functional groups attached to an aromatic ring is 1.